The Balaban J connectivity index is 2.03. The predicted molar refractivity (Wildman–Crippen MR) is 95.5 cm³/mol. The summed E-state index contributed by atoms with van der Waals surface area (Å²) in [5, 5.41) is 3.27. The Labute approximate surface area is 130 Å². The van der Waals surface area contributed by atoms with E-state index >= 15 is 0 Å². The SMILES string of the molecule is CC(C)(C)c1ccc([Si]2(c3ccccc3)CCCC2)cc1. The molecule has 0 unspecified atom stereocenters. The summed E-state index contributed by atoms with van der Waals surface area (Å²) in [6, 6.07) is 23.8. The van der Waals surface area contributed by atoms with E-state index in [0.717, 1.165) is 0 Å². The van der Waals surface area contributed by atoms with Gasteiger partial charge in [-0.2, -0.15) is 0 Å². The molecule has 2 aromatic rings. The smallest absolute Gasteiger partial charge is 0.0626 e. The van der Waals surface area contributed by atoms with Crippen molar-refractivity contribution in [3.63, 3.8) is 0 Å². The summed E-state index contributed by atoms with van der Waals surface area (Å²) in [5.41, 5.74) is 1.69. The Morgan fingerprint density at radius 1 is 0.714 bits per heavy atom. The Morgan fingerprint density at radius 2 is 1.24 bits per heavy atom. The van der Waals surface area contributed by atoms with Crippen molar-refractivity contribution in [3.05, 3.63) is 60.2 Å². The van der Waals surface area contributed by atoms with Crippen molar-refractivity contribution in [1.82, 2.24) is 0 Å². The van der Waals surface area contributed by atoms with Gasteiger partial charge in [-0.15, -0.1) is 0 Å². The van der Waals surface area contributed by atoms with E-state index in [1.807, 2.05) is 0 Å². The van der Waals surface area contributed by atoms with Gasteiger partial charge in [0.05, 0.1) is 0 Å². The highest BCUT2D eigenvalue weighted by atomic mass is 28.3. The average molecular weight is 295 g/mol. The first-order valence-electron chi connectivity index (χ1n) is 8.19. The summed E-state index contributed by atoms with van der Waals surface area (Å²) in [5.74, 6) is 0. The Kier molecular flexibility index (Phi) is 3.79. The van der Waals surface area contributed by atoms with Crippen LogP contribution in [0.4, 0.5) is 0 Å². The van der Waals surface area contributed by atoms with Crippen LogP contribution in [0.1, 0.15) is 39.2 Å². The largest absolute Gasteiger partial charge is 0.118 e. The molecule has 110 valence electrons. The molecule has 2 aromatic carbocycles. The zero-order chi connectivity index (χ0) is 14.9. The van der Waals surface area contributed by atoms with E-state index in [-0.39, 0.29) is 5.41 Å². The van der Waals surface area contributed by atoms with E-state index in [0.29, 0.717) is 0 Å². The number of hydrogen-bond donors (Lipinski definition) is 0. The van der Waals surface area contributed by atoms with Gasteiger partial charge in [-0.1, -0.05) is 98.6 Å². The van der Waals surface area contributed by atoms with Gasteiger partial charge in [0.15, 0.2) is 0 Å². The lowest BCUT2D eigenvalue weighted by Gasteiger charge is -2.29. The fourth-order valence-corrected chi connectivity index (χ4v) is 8.85. The Morgan fingerprint density at radius 3 is 1.76 bits per heavy atom. The third kappa shape index (κ3) is 2.72. The summed E-state index contributed by atoms with van der Waals surface area (Å²) in [6.45, 7) is 6.88. The van der Waals surface area contributed by atoms with Crippen LogP contribution in [0.5, 0.6) is 0 Å². The molecular formula is C20H26Si. The maximum absolute atomic E-state index is 2.44. The van der Waals surface area contributed by atoms with Crippen molar-refractivity contribution in [2.24, 2.45) is 0 Å². The molecule has 1 saturated heterocycles. The van der Waals surface area contributed by atoms with Crippen LogP contribution < -0.4 is 10.4 Å². The van der Waals surface area contributed by atoms with Crippen molar-refractivity contribution in [2.75, 3.05) is 0 Å². The van der Waals surface area contributed by atoms with Crippen molar-refractivity contribution in [1.29, 1.82) is 0 Å². The van der Waals surface area contributed by atoms with Crippen molar-refractivity contribution in [2.45, 2.75) is 51.1 Å². The maximum atomic E-state index is 2.44. The minimum absolute atomic E-state index is 0.246. The summed E-state index contributed by atoms with van der Waals surface area (Å²) < 4.78 is 0. The number of rotatable bonds is 2. The van der Waals surface area contributed by atoms with Gasteiger partial charge in [-0.3, -0.25) is 0 Å². The highest BCUT2D eigenvalue weighted by Gasteiger charge is 2.39. The van der Waals surface area contributed by atoms with E-state index in [2.05, 4.69) is 75.4 Å². The molecule has 0 radical (unpaired) electrons. The van der Waals surface area contributed by atoms with Gasteiger partial charge in [0.1, 0.15) is 8.07 Å². The molecule has 21 heavy (non-hydrogen) atoms. The van der Waals surface area contributed by atoms with Crippen LogP contribution in [0, 0.1) is 0 Å². The predicted octanol–water partition coefficient (Wildman–Crippen LogP) is 4.34. The third-order valence-electron chi connectivity index (χ3n) is 5.09. The van der Waals surface area contributed by atoms with Crippen LogP contribution in [0.15, 0.2) is 54.6 Å². The molecule has 0 aromatic heterocycles. The molecule has 0 atom stereocenters. The molecule has 0 spiro atoms. The molecule has 1 aliphatic rings. The Bertz CT molecular complexity index is 584. The third-order valence-corrected chi connectivity index (χ3v) is 10.4. The molecule has 1 fully saturated rings. The van der Waals surface area contributed by atoms with Gasteiger partial charge in [-0.05, 0) is 23.1 Å². The van der Waals surface area contributed by atoms with Gasteiger partial charge in [0.2, 0.25) is 0 Å². The summed E-state index contributed by atoms with van der Waals surface area (Å²) in [4.78, 5) is 0. The first-order valence-corrected chi connectivity index (χ1v) is 10.6. The van der Waals surface area contributed by atoms with Crippen LogP contribution in [-0.2, 0) is 5.41 Å². The highest BCUT2D eigenvalue weighted by molar-refractivity contribution is 7.02. The second-order valence-electron chi connectivity index (χ2n) is 7.48. The van der Waals surface area contributed by atoms with Crippen LogP contribution in [0.3, 0.4) is 0 Å². The molecule has 0 N–H and O–H groups in total. The minimum atomic E-state index is -1.47. The summed E-state index contributed by atoms with van der Waals surface area (Å²) >= 11 is 0. The first-order chi connectivity index (χ1) is 10.0. The van der Waals surface area contributed by atoms with Gasteiger partial charge in [0, 0.05) is 0 Å². The van der Waals surface area contributed by atoms with Gasteiger partial charge < -0.3 is 0 Å². The molecule has 0 nitrogen and oxygen atoms in total. The zero-order valence-electron chi connectivity index (χ0n) is 13.5. The zero-order valence-corrected chi connectivity index (χ0v) is 14.5. The van der Waals surface area contributed by atoms with Crippen molar-refractivity contribution >= 4 is 18.4 Å². The van der Waals surface area contributed by atoms with Crippen LogP contribution >= 0.6 is 0 Å². The molecule has 3 rings (SSSR count). The molecular weight excluding hydrogens is 268 g/mol. The minimum Gasteiger partial charge on any atom is -0.0626 e. The lowest BCUT2D eigenvalue weighted by Crippen LogP contribution is -2.55. The van der Waals surface area contributed by atoms with Gasteiger partial charge in [0.25, 0.3) is 0 Å². The van der Waals surface area contributed by atoms with Crippen LogP contribution in [0.2, 0.25) is 12.1 Å². The van der Waals surface area contributed by atoms with E-state index in [1.165, 1.54) is 30.5 Å². The Hall–Kier alpha value is -1.34. The fraction of sp³-hybridized carbons (Fsp3) is 0.400. The van der Waals surface area contributed by atoms with E-state index < -0.39 is 8.07 Å². The first kappa shape index (κ1) is 14.6. The van der Waals surface area contributed by atoms with Crippen LogP contribution in [0.25, 0.3) is 0 Å². The molecule has 0 bridgehead atoms. The van der Waals surface area contributed by atoms with Crippen molar-refractivity contribution < 1.29 is 0 Å². The standard InChI is InChI=1S/C20H26Si/c1-20(2,3)17-11-13-19(14-12-17)21(15-7-8-16-21)18-9-5-4-6-10-18/h4-6,9-14H,7-8,15-16H2,1-3H3. The normalized spacial score (nSPS) is 17.9. The molecule has 0 aliphatic carbocycles. The molecule has 1 heterocycles. The monoisotopic (exact) mass is 294 g/mol. The van der Waals surface area contributed by atoms with E-state index in [9.17, 15) is 0 Å². The molecule has 1 aliphatic heterocycles. The second kappa shape index (κ2) is 5.45. The summed E-state index contributed by atoms with van der Waals surface area (Å²) in [6.07, 6.45) is 2.81. The van der Waals surface area contributed by atoms with E-state index in [4.69, 9.17) is 0 Å². The number of benzene rings is 2. The van der Waals surface area contributed by atoms with Gasteiger partial charge in [-0.25, -0.2) is 0 Å². The molecule has 1 heteroatoms. The second-order valence-corrected chi connectivity index (χ2v) is 11.8. The van der Waals surface area contributed by atoms with Crippen LogP contribution in [-0.4, -0.2) is 8.07 Å². The lowest BCUT2D eigenvalue weighted by molar-refractivity contribution is 0.590. The number of hydrogen-bond acceptors (Lipinski definition) is 0. The average Bonchev–Trinajstić information content (AvgIpc) is 2.98. The van der Waals surface area contributed by atoms with Gasteiger partial charge >= 0.3 is 0 Å². The topological polar surface area (TPSA) is 0 Å². The van der Waals surface area contributed by atoms with E-state index in [1.54, 1.807) is 10.4 Å². The highest BCUT2D eigenvalue weighted by Crippen LogP contribution is 2.30. The lowest BCUT2D eigenvalue weighted by atomic mass is 9.87. The quantitative estimate of drug-likeness (QED) is 0.723. The molecule has 0 saturated carbocycles. The fourth-order valence-electron chi connectivity index (χ4n) is 3.77. The van der Waals surface area contributed by atoms with Crippen molar-refractivity contribution in [3.8, 4) is 0 Å². The molecule has 0 amide bonds. The maximum Gasteiger partial charge on any atom is 0.118 e. The summed E-state index contributed by atoms with van der Waals surface area (Å²) in [7, 11) is -1.47.